The van der Waals surface area contributed by atoms with Crippen molar-refractivity contribution >= 4 is 27.5 Å². The van der Waals surface area contributed by atoms with Crippen molar-refractivity contribution in [3.63, 3.8) is 0 Å². The average molecular weight is 319 g/mol. The quantitative estimate of drug-likeness (QED) is 0.906. The van der Waals surface area contributed by atoms with E-state index >= 15 is 0 Å². The molecule has 0 heterocycles. The fourth-order valence-corrected chi connectivity index (χ4v) is 2.05. The first-order chi connectivity index (χ1) is 9.06. The maximum atomic E-state index is 11.1. The number of hydrogen-bond donors (Lipinski definition) is 2. The molecule has 0 aromatic heterocycles. The van der Waals surface area contributed by atoms with E-state index in [0.29, 0.717) is 12.1 Å². The van der Waals surface area contributed by atoms with Gasteiger partial charge < -0.3 is 11.1 Å². The zero-order valence-electron chi connectivity index (χ0n) is 10.6. The number of aryl methyl sites for hydroxylation is 1. The maximum Gasteiger partial charge on any atom is 0.248 e. The van der Waals surface area contributed by atoms with Gasteiger partial charge in [0.2, 0.25) is 5.91 Å². The first-order valence-electron chi connectivity index (χ1n) is 5.95. The third-order valence-electron chi connectivity index (χ3n) is 2.87. The summed E-state index contributed by atoms with van der Waals surface area (Å²) in [4.78, 5) is 11.1. The summed E-state index contributed by atoms with van der Waals surface area (Å²) in [7, 11) is 0. The third-order valence-corrected chi connectivity index (χ3v) is 3.76. The van der Waals surface area contributed by atoms with Crippen molar-refractivity contribution in [1.29, 1.82) is 0 Å². The number of halogens is 1. The number of anilines is 1. The lowest BCUT2D eigenvalue weighted by Crippen LogP contribution is -2.11. The summed E-state index contributed by atoms with van der Waals surface area (Å²) in [5, 5.41) is 3.28. The molecule has 0 aliphatic carbocycles. The van der Waals surface area contributed by atoms with E-state index in [1.807, 2.05) is 18.2 Å². The SMILES string of the molecule is Cc1cc(CNc2cccc(C(N)=O)c2)ccc1Br. The van der Waals surface area contributed by atoms with E-state index in [1.54, 1.807) is 12.1 Å². The summed E-state index contributed by atoms with van der Waals surface area (Å²) in [6.07, 6.45) is 0. The van der Waals surface area contributed by atoms with E-state index in [-0.39, 0.29) is 0 Å². The molecule has 0 aliphatic rings. The number of benzene rings is 2. The van der Waals surface area contributed by atoms with Crippen LogP contribution in [0.5, 0.6) is 0 Å². The van der Waals surface area contributed by atoms with Gasteiger partial charge in [0, 0.05) is 22.3 Å². The fourth-order valence-electron chi connectivity index (χ4n) is 1.80. The summed E-state index contributed by atoms with van der Waals surface area (Å²) < 4.78 is 1.10. The molecule has 2 aromatic rings. The van der Waals surface area contributed by atoms with Crippen LogP contribution < -0.4 is 11.1 Å². The van der Waals surface area contributed by atoms with E-state index in [0.717, 1.165) is 10.2 Å². The van der Waals surface area contributed by atoms with Crippen LogP contribution >= 0.6 is 15.9 Å². The van der Waals surface area contributed by atoms with Crippen molar-refractivity contribution < 1.29 is 4.79 Å². The van der Waals surface area contributed by atoms with Crippen LogP contribution in [-0.2, 0) is 6.54 Å². The zero-order valence-corrected chi connectivity index (χ0v) is 12.2. The number of primary amides is 1. The molecule has 0 saturated heterocycles. The van der Waals surface area contributed by atoms with Gasteiger partial charge in [0.15, 0.2) is 0 Å². The molecule has 2 rings (SSSR count). The normalized spacial score (nSPS) is 10.2. The maximum absolute atomic E-state index is 11.1. The highest BCUT2D eigenvalue weighted by atomic mass is 79.9. The van der Waals surface area contributed by atoms with Crippen molar-refractivity contribution in [2.75, 3.05) is 5.32 Å². The Morgan fingerprint density at radius 3 is 2.74 bits per heavy atom. The van der Waals surface area contributed by atoms with E-state index in [2.05, 4.69) is 40.3 Å². The second-order valence-electron chi connectivity index (χ2n) is 4.38. The van der Waals surface area contributed by atoms with Gasteiger partial charge in [-0.2, -0.15) is 0 Å². The zero-order chi connectivity index (χ0) is 13.8. The number of rotatable bonds is 4. The topological polar surface area (TPSA) is 55.1 Å². The minimum Gasteiger partial charge on any atom is -0.381 e. The van der Waals surface area contributed by atoms with Crippen LogP contribution in [0, 0.1) is 6.92 Å². The molecule has 0 spiro atoms. The smallest absolute Gasteiger partial charge is 0.248 e. The lowest BCUT2D eigenvalue weighted by molar-refractivity contribution is 0.100. The number of amides is 1. The van der Waals surface area contributed by atoms with Crippen LogP contribution in [0.3, 0.4) is 0 Å². The minimum atomic E-state index is -0.414. The van der Waals surface area contributed by atoms with Gasteiger partial charge in [0.1, 0.15) is 0 Å². The molecule has 2 aromatic carbocycles. The van der Waals surface area contributed by atoms with Gasteiger partial charge in [-0.25, -0.2) is 0 Å². The molecular weight excluding hydrogens is 304 g/mol. The Balaban J connectivity index is 2.07. The van der Waals surface area contributed by atoms with Gasteiger partial charge in [-0.3, -0.25) is 4.79 Å². The van der Waals surface area contributed by atoms with Crippen LogP contribution in [0.4, 0.5) is 5.69 Å². The van der Waals surface area contributed by atoms with Crippen LogP contribution in [-0.4, -0.2) is 5.91 Å². The molecule has 0 unspecified atom stereocenters. The molecule has 19 heavy (non-hydrogen) atoms. The molecule has 3 N–H and O–H groups in total. The summed E-state index contributed by atoms with van der Waals surface area (Å²) in [6, 6.07) is 13.4. The first-order valence-corrected chi connectivity index (χ1v) is 6.74. The molecule has 0 aliphatic heterocycles. The number of nitrogens with two attached hydrogens (primary N) is 1. The van der Waals surface area contributed by atoms with E-state index in [9.17, 15) is 4.79 Å². The summed E-state index contributed by atoms with van der Waals surface area (Å²) in [6.45, 7) is 2.76. The monoisotopic (exact) mass is 318 g/mol. The van der Waals surface area contributed by atoms with Crippen LogP contribution in [0.15, 0.2) is 46.9 Å². The second kappa shape index (κ2) is 5.89. The number of carbonyl (C=O) groups excluding carboxylic acids is 1. The van der Waals surface area contributed by atoms with Crippen LogP contribution in [0.1, 0.15) is 21.5 Å². The van der Waals surface area contributed by atoms with Crippen molar-refractivity contribution in [3.8, 4) is 0 Å². The summed E-state index contributed by atoms with van der Waals surface area (Å²) in [5.41, 5.74) is 9.04. The summed E-state index contributed by atoms with van der Waals surface area (Å²) in [5.74, 6) is -0.414. The molecule has 1 amide bonds. The van der Waals surface area contributed by atoms with Crippen LogP contribution in [0.25, 0.3) is 0 Å². The fraction of sp³-hybridized carbons (Fsp3) is 0.133. The molecule has 0 fully saturated rings. The van der Waals surface area contributed by atoms with Crippen molar-refractivity contribution in [1.82, 2.24) is 0 Å². The average Bonchev–Trinajstić information content (AvgIpc) is 2.40. The molecule has 0 atom stereocenters. The first kappa shape index (κ1) is 13.6. The largest absolute Gasteiger partial charge is 0.381 e. The summed E-state index contributed by atoms with van der Waals surface area (Å²) >= 11 is 3.48. The Morgan fingerprint density at radius 1 is 1.26 bits per heavy atom. The number of hydrogen-bond acceptors (Lipinski definition) is 2. The standard InChI is InChI=1S/C15H15BrN2O/c1-10-7-11(5-6-14(10)16)9-18-13-4-2-3-12(8-13)15(17)19/h2-8,18H,9H2,1H3,(H2,17,19). The van der Waals surface area contributed by atoms with Crippen molar-refractivity contribution in [2.24, 2.45) is 5.73 Å². The van der Waals surface area contributed by atoms with Gasteiger partial charge >= 0.3 is 0 Å². The Morgan fingerprint density at radius 2 is 2.05 bits per heavy atom. The molecule has 98 valence electrons. The van der Waals surface area contributed by atoms with Crippen molar-refractivity contribution in [2.45, 2.75) is 13.5 Å². The van der Waals surface area contributed by atoms with Gasteiger partial charge in [-0.15, -0.1) is 0 Å². The molecule has 0 saturated carbocycles. The number of carbonyl (C=O) groups is 1. The predicted octanol–water partition coefficient (Wildman–Crippen LogP) is 3.47. The lowest BCUT2D eigenvalue weighted by atomic mass is 10.1. The molecule has 4 heteroatoms. The van der Waals surface area contributed by atoms with Crippen molar-refractivity contribution in [3.05, 3.63) is 63.6 Å². The second-order valence-corrected chi connectivity index (χ2v) is 5.24. The van der Waals surface area contributed by atoms with Gasteiger partial charge in [0.25, 0.3) is 0 Å². The third kappa shape index (κ3) is 3.58. The van der Waals surface area contributed by atoms with E-state index < -0.39 is 5.91 Å². The van der Waals surface area contributed by atoms with E-state index in [4.69, 9.17) is 5.73 Å². The van der Waals surface area contributed by atoms with Gasteiger partial charge in [0.05, 0.1) is 0 Å². The highest BCUT2D eigenvalue weighted by Crippen LogP contribution is 2.18. The molecule has 0 radical (unpaired) electrons. The molecule has 3 nitrogen and oxygen atoms in total. The highest BCUT2D eigenvalue weighted by Gasteiger charge is 2.02. The van der Waals surface area contributed by atoms with Gasteiger partial charge in [-0.1, -0.05) is 34.1 Å². The van der Waals surface area contributed by atoms with Gasteiger partial charge in [-0.05, 0) is 42.3 Å². The molecule has 0 bridgehead atoms. The predicted molar refractivity (Wildman–Crippen MR) is 81.2 cm³/mol. The molecular formula is C15H15BrN2O. The Bertz CT molecular complexity index is 611. The lowest BCUT2D eigenvalue weighted by Gasteiger charge is -2.09. The minimum absolute atomic E-state index is 0.414. The Kier molecular flexibility index (Phi) is 4.22. The van der Waals surface area contributed by atoms with E-state index in [1.165, 1.54) is 11.1 Å². The Hall–Kier alpha value is -1.81. The number of nitrogens with one attached hydrogen (secondary N) is 1. The Labute approximate surface area is 121 Å². The van der Waals surface area contributed by atoms with Crippen LogP contribution in [0.2, 0.25) is 0 Å². The highest BCUT2D eigenvalue weighted by molar-refractivity contribution is 9.10.